The lowest BCUT2D eigenvalue weighted by molar-refractivity contribution is 0.0595. The fourth-order valence-electron chi connectivity index (χ4n) is 1.83. The van der Waals surface area contributed by atoms with Crippen LogP contribution in [0.25, 0.3) is 0 Å². The maximum atomic E-state index is 11.5. The number of hydrogen-bond donors (Lipinski definition) is 1. The van der Waals surface area contributed by atoms with E-state index in [0.29, 0.717) is 25.3 Å². The SMILES string of the molecule is CCc1nc(C(=O)OC)c(N)n1CCn1ccnn1. The Balaban J connectivity index is 2.23. The number of methoxy groups -OCH3 is 1. The van der Waals surface area contributed by atoms with Crippen LogP contribution in [0.2, 0.25) is 0 Å². The number of esters is 1. The molecule has 0 aromatic carbocycles. The molecule has 0 bridgehead atoms. The molecule has 0 amide bonds. The largest absolute Gasteiger partial charge is 0.464 e. The third kappa shape index (κ3) is 2.56. The molecule has 8 heteroatoms. The van der Waals surface area contributed by atoms with E-state index in [1.54, 1.807) is 21.6 Å². The molecule has 0 atom stereocenters. The zero-order chi connectivity index (χ0) is 13.8. The standard InChI is InChI=1S/C11H16N6O2/c1-3-8-14-9(11(18)19-2)10(12)17(8)7-6-16-5-4-13-15-16/h4-5H,3,6-7,12H2,1-2H3. The minimum atomic E-state index is -0.522. The van der Waals surface area contributed by atoms with Crippen LogP contribution in [-0.4, -0.2) is 37.6 Å². The lowest BCUT2D eigenvalue weighted by Crippen LogP contribution is -2.13. The van der Waals surface area contributed by atoms with Gasteiger partial charge < -0.3 is 15.0 Å². The van der Waals surface area contributed by atoms with E-state index in [4.69, 9.17) is 5.73 Å². The van der Waals surface area contributed by atoms with Crippen molar-refractivity contribution in [3.8, 4) is 0 Å². The van der Waals surface area contributed by atoms with Gasteiger partial charge in [0.2, 0.25) is 0 Å². The average molecular weight is 264 g/mol. The van der Waals surface area contributed by atoms with Crippen LogP contribution in [-0.2, 0) is 24.2 Å². The van der Waals surface area contributed by atoms with Gasteiger partial charge >= 0.3 is 5.97 Å². The summed E-state index contributed by atoms with van der Waals surface area (Å²) in [5.41, 5.74) is 6.11. The minimum absolute atomic E-state index is 0.165. The Morgan fingerprint density at radius 1 is 1.47 bits per heavy atom. The molecular weight excluding hydrogens is 248 g/mol. The monoisotopic (exact) mass is 264 g/mol. The van der Waals surface area contributed by atoms with E-state index in [0.717, 1.165) is 5.82 Å². The summed E-state index contributed by atoms with van der Waals surface area (Å²) in [7, 11) is 1.31. The smallest absolute Gasteiger partial charge is 0.360 e. The zero-order valence-electron chi connectivity index (χ0n) is 10.9. The van der Waals surface area contributed by atoms with E-state index in [1.165, 1.54) is 7.11 Å². The van der Waals surface area contributed by atoms with Gasteiger partial charge in [-0.3, -0.25) is 4.68 Å². The molecule has 2 N–H and O–H groups in total. The van der Waals surface area contributed by atoms with Gasteiger partial charge in [0.25, 0.3) is 0 Å². The Hall–Kier alpha value is -2.38. The Kier molecular flexibility index (Phi) is 3.79. The van der Waals surface area contributed by atoms with Gasteiger partial charge in [-0.1, -0.05) is 12.1 Å². The molecule has 0 saturated carbocycles. The Labute approximate surface area is 110 Å². The number of aryl methyl sites for hydroxylation is 2. The third-order valence-electron chi connectivity index (χ3n) is 2.81. The average Bonchev–Trinajstić information content (AvgIpc) is 3.03. The van der Waals surface area contributed by atoms with Gasteiger partial charge in [-0.05, 0) is 0 Å². The Bertz CT molecular complexity index is 560. The second kappa shape index (κ2) is 5.51. The summed E-state index contributed by atoms with van der Waals surface area (Å²) in [5, 5.41) is 7.60. The van der Waals surface area contributed by atoms with E-state index in [-0.39, 0.29) is 5.69 Å². The van der Waals surface area contributed by atoms with Gasteiger partial charge in [0, 0.05) is 19.2 Å². The number of carbonyl (C=O) groups excluding carboxylic acids is 1. The van der Waals surface area contributed by atoms with Crippen molar-refractivity contribution in [2.24, 2.45) is 0 Å². The van der Waals surface area contributed by atoms with Crippen LogP contribution in [0.5, 0.6) is 0 Å². The van der Waals surface area contributed by atoms with Gasteiger partial charge in [-0.25, -0.2) is 9.78 Å². The van der Waals surface area contributed by atoms with Crippen molar-refractivity contribution in [2.45, 2.75) is 26.4 Å². The summed E-state index contributed by atoms with van der Waals surface area (Å²) < 4.78 is 8.15. The van der Waals surface area contributed by atoms with E-state index in [2.05, 4.69) is 20.0 Å². The first kappa shape index (κ1) is 13.1. The van der Waals surface area contributed by atoms with E-state index >= 15 is 0 Å². The molecule has 8 nitrogen and oxygen atoms in total. The highest BCUT2D eigenvalue weighted by molar-refractivity contribution is 5.92. The molecule has 2 heterocycles. The normalized spacial score (nSPS) is 10.6. The van der Waals surface area contributed by atoms with Crippen LogP contribution >= 0.6 is 0 Å². The number of anilines is 1. The van der Waals surface area contributed by atoms with Crippen molar-refractivity contribution < 1.29 is 9.53 Å². The van der Waals surface area contributed by atoms with E-state index in [1.807, 2.05) is 6.92 Å². The number of carbonyl (C=O) groups is 1. The minimum Gasteiger partial charge on any atom is -0.464 e. The predicted octanol–water partition coefficient (Wildman–Crippen LogP) is 0.106. The molecule has 2 rings (SSSR count). The number of nitrogen functional groups attached to an aromatic ring is 1. The molecule has 102 valence electrons. The number of ether oxygens (including phenoxy) is 1. The van der Waals surface area contributed by atoms with Gasteiger partial charge in [0.1, 0.15) is 11.6 Å². The molecule has 0 saturated heterocycles. The lowest BCUT2D eigenvalue weighted by Gasteiger charge is -2.08. The summed E-state index contributed by atoms with van der Waals surface area (Å²) in [6.45, 7) is 3.13. The zero-order valence-corrected chi connectivity index (χ0v) is 10.9. The number of imidazole rings is 1. The first-order valence-electron chi connectivity index (χ1n) is 5.94. The van der Waals surface area contributed by atoms with Gasteiger partial charge in [0.15, 0.2) is 5.69 Å². The highest BCUT2D eigenvalue weighted by Crippen LogP contribution is 2.16. The summed E-state index contributed by atoms with van der Waals surface area (Å²) >= 11 is 0. The predicted molar refractivity (Wildman–Crippen MR) is 67.4 cm³/mol. The van der Waals surface area contributed by atoms with Crippen LogP contribution in [0.15, 0.2) is 12.4 Å². The molecule has 0 fully saturated rings. The first-order valence-corrected chi connectivity index (χ1v) is 5.94. The molecule has 0 aliphatic carbocycles. The fourth-order valence-corrected chi connectivity index (χ4v) is 1.83. The van der Waals surface area contributed by atoms with Crippen LogP contribution in [0.3, 0.4) is 0 Å². The second-order valence-electron chi connectivity index (χ2n) is 3.92. The van der Waals surface area contributed by atoms with Crippen molar-refractivity contribution in [3.05, 3.63) is 23.9 Å². The third-order valence-corrected chi connectivity index (χ3v) is 2.81. The number of nitrogens with two attached hydrogens (primary N) is 1. The first-order chi connectivity index (χ1) is 9.17. The summed E-state index contributed by atoms with van der Waals surface area (Å²) in [5.74, 6) is 0.550. The molecule has 0 aliphatic heterocycles. The highest BCUT2D eigenvalue weighted by atomic mass is 16.5. The van der Waals surface area contributed by atoms with E-state index < -0.39 is 5.97 Å². The lowest BCUT2D eigenvalue weighted by atomic mass is 10.4. The van der Waals surface area contributed by atoms with Crippen molar-refractivity contribution in [3.63, 3.8) is 0 Å². The van der Waals surface area contributed by atoms with Gasteiger partial charge in [-0.2, -0.15) is 0 Å². The second-order valence-corrected chi connectivity index (χ2v) is 3.92. The molecule has 0 aliphatic rings. The summed E-state index contributed by atoms with van der Waals surface area (Å²) in [6.07, 6.45) is 4.05. The van der Waals surface area contributed by atoms with E-state index in [9.17, 15) is 4.79 Å². The molecule has 19 heavy (non-hydrogen) atoms. The van der Waals surface area contributed by atoms with Crippen molar-refractivity contribution in [1.82, 2.24) is 24.5 Å². The summed E-state index contributed by atoms with van der Waals surface area (Å²) in [6, 6.07) is 0. The number of rotatable bonds is 5. The molecule has 0 unspecified atom stereocenters. The maximum Gasteiger partial charge on any atom is 0.360 e. The maximum absolute atomic E-state index is 11.5. The molecule has 0 spiro atoms. The van der Waals surface area contributed by atoms with Crippen LogP contribution in [0, 0.1) is 0 Å². The van der Waals surface area contributed by atoms with Crippen molar-refractivity contribution >= 4 is 11.8 Å². The van der Waals surface area contributed by atoms with Crippen LogP contribution in [0.4, 0.5) is 5.82 Å². The number of aromatic nitrogens is 5. The fraction of sp³-hybridized carbons (Fsp3) is 0.455. The van der Waals surface area contributed by atoms with Crippen LogP contribution < -0.4 is 5.73 Å². The molecular formula is C11H16N6O2. The number of hydrogen-bond acceptors (Lipinski definition) is 6. The quantitative estimate of drug-likeness (QED) is 0.769. The molecule has 0 radical (unpaired) electrons. The summed E-state index contributed by atoms with van der Waals surface area (Å²) in [4.78, 5) is 15.8. The van der Waals surface area contributed by atoms with Crippen molar-refractivity contribution in [1.29, 1.82) is 0 Å². The van der Waals surface area contributed by atoms with Crippen LogP contribution in [0.1, 0.15) is 23.2 Å². The number of nitrogens with zero attached hydrogens (tertiary/aromatic N) is 5. The van der Waals surface area contributed by atoms with Gasteiger partial charge in [-0.15, -0.1) is 5.10 Å². The topological polar surface area (TPSA) is 101 Å². The van der Waals surface area contributed by atoms with Gasteiger partial charge in [0.05, 0.1) is 19.9 Å². The highest BCUT2D eigenvalue weighted by Gasteiger charge is 2.20. The molecule has 2 aromatic heterocycles. The molecule has 2 aromatic rings. The Morgan fingerprint density at radius 2 is 2.26 bits per heavy atom. The Morgan fingerprint density at radius 3 is 2.84 bits per heavy atom. The van der Waals surface area contributed by atoms with Crippen molar-refractivity contribution in [2.75, 3.05) is 12.8 Å².